The molecule has 5 heteroatoms. The number of carbonyl (C=O) groups is 1. The van der Waals surface area contributed by atoms with Crippen molar-refractivity contribution in [2.24, 2.45) is 7.05 Å². The molecule has 1 aromatic carbocycles. The third-order valence-electron chi connectivity index (χ3n) is 2.81. The Morgan fingerprint density at radius 3 is 2.44 bits per heavy atom. The number of anilines is 2. The van der Waals surface area contributed by atoms with Crippen LogP contribution in [0.1, 0.15) is 16.2 Å². The van der Waals surface area contributed by atoms with Crippen LogP contribution in [0.5, 0.6) is 0 Å². The van der Waals surface area contributed by atoms with Gasteiger partial charge in [-0.1, -0.05) is 0 Å². The molecule has 0 unspecified atom stereocenters. The van der Waals surface area contributed by atoms with Gasteiger partial charge in [0.05, 0.1) is 5.69 Å². The van der Waals surface area contributed by atoms with Crippen molar-refractivity contribution in [2.45, 2.75) is 6.92 Å². The largest absolute Gasteiger partial charge is 0.399 e. The molecule has 0 aliphatic carbocycles. The molecule has 0 saturated heterocycles. The summed E-state index contributed by atoms with van der Waals surface area (Å²) < 4.78 is 1.59. The van der Waals surface area contributed by atoms with E-state index < -0.39 is 0 Å². The van der Waals surface area contributed by atoms with E-state index in [0.29, 0.717) is 11.4 Å². The first-order valence-corrected chi connectivity index (χ1v) is 5.63. The first-order valence-electron chi connectivity index (χ1n) is 5.63. The summed E-state index contributed by atoms with van der Waals surface area (Å²) in [6.07, 6.45) is 0. The van der Waals surface area contributed by atoms with Crippen LogP contribution in [0.25, 0.3) is 0 Å². The molecular weight excluding hydrogens is 228 g/mol. The maximum Gasteiger partial charge on any atom is 0.276 e. The van der Waals surface area contributed by atoms with Gasteiger partial charge in [0, 0.05) is 25.5 Å². The number of benzene rings is 1. The molecule has 0 fully saturated rings. The zero-order valence-electron chi connectivity index (χ0n) is 10.7. The van der Waals surface area contributed by atoms with Crippen LogP contribution in [0.15, 0.2) is 30.3 Å². The smallest absolute Gasteiger partial charge is 0.276 e. The van der Waals surface area contributed by atoms with Gasteiger partial charge in [0.15, 0.2) is 0 Å². The number of aromatic nitrogens is 2. The van der Waals surface area contributed by atoms with Crippen molar-refractivity contribution in [3.63, 3.8) is 0 Å². The minimum Gasteiger partial charge on any atom is -0.399 e. The predicted octanol–water partition coefficient (Wildman–Crippen LogP) is 1.59. The van der Waals surface area contributed by atoms with E-state index in [0.717, 1.165) is 11.4 Å². The summed E-state index contributed by atoms with van der Waals surface area (Å²) >= 11 is 0. The van der Waals surface area contributed by atoms with Crippen LogP contribution in [0, 0.1) is 6.92 Å². The van der Waals surface area contributed by atoms with Gasteiger partial charge in [-0.3, -0.25) is 9.48 Å². The third-order valence-corrected chi connectivity index (χ3v) is 2.81. The van der Waals surface area contributed by atoms with Gasteiger partial charge < -0.3 is 10.6 Å². The van der Waals surface area contributed by atoms with E-state index in [-0.39, 0.29) is 5.91 Å². The SMILES string of the molecule is Cc1cc(C(=O)N(C)c2ccc(N)cc2)n(C)n1. The van der Waals surface area contributed by atoms with Gasteiger partial charge in [0.25, 0.3) is 5.91 Å². The van der Waals surface area contributed by atoms with Crippen LogP contribution in [0.2, 0.25) is 0 Å². The zero-order chi connectivity index (χ0) is 13.3. The van der Waals surface area contributed by atoms with Crippen molar-refractivity contribution >= 4 is 17.3 Å². The van der Waals surface area contributed by atoms with E-state index in [1.54, 1.807) is 41.9 Å². The van der Waals surface area contributed by atoms with E-state index in [9.17, 15) is 4.79 Å². The van der Waals surface area contributed by atoms with Gasteiger partial charge in [-0.2, -0.15) is 5.10 Å². The lowest BCUT2D eigenvalue weighted by Crippen LogP contribution is -2.28. The Balaban J connectivity index is 2.29. The molecule has 1 heterocycles. The molecule has 94 valence electrons. The fraction of sp³-hybridized carbons (Fsp3) is 0.231. The summed E-state index contributed by atoms with van der Waals surface area (Å²) in [6, 6.07) is 8.95. The number of carbonyl (C=O) groups excluding carboxylic acids is 1. The molecule has 1 amide bonds. The standard InChI is InChI=1S/C13H16N4O/c1-9-8-12(17(3)15-9)13(18)16(2)11-6-4-10(14)5-7-11/h4-8H,14H2,1-3H3. The predicted molar refractivity (Wildman–Crippen MR) is 71.5 cm³/mol. The molecule has 2 aromatic rings. The maximum absolute atomic E-state index is 12.3. The van der Waals surface area contributed by atoms with Crippen molar-refractivity contribution in [3.05, 3.63) is 41.7 Å². The minimum absolute atomic E-state index is 0.0946. The third kappa shape index (κ3) is 2.20. The normalized spacial score (nSPS) is 10.4. The fourth-order valence-electron chi connectivity index (χ4n) is 1.80. The van der Waals surface area contributed by atoms with Crippen LogP contribution >= 0.6 is 0 Å². The Labute approximate surface area is 106 Å². The monoisotopic (exact) mass is 244 g/mol. The summed E-state index contributed by atoms with van der Waals surface area (Å²) in [5.41, 5.74) is 8.49. The summed E-state index contributed by atoms with van der Waals surface area (Å²) in [5.74, 6) is -0.0946. The van der Waals surface area contributed by atoms with Crippen molar-refractivity contribution in [3.8, 4) is 0 Å². The number of hydrogen-bond acceptors (Lipinski definition) is 3. The lowest BCUT2D eigenvalue weighted by Gasteiger charge is -2.17. The van der Waals surface area contributed by atoms with Crippen molar-refractivity contribution in [2.75, 3.05) is 17.7 Å². The molecule has 0 atom stereocenters. The summed E-state index contributed by atoms with van der Waals surface area (Å²) in [5, 5.41) is 4.17. The Bertz CT molecular complexity index is 571. The van der Waals surface area contributed by atoms with E-state index >= 15 is 0 Å². The molecule has 18 heavy (non-hydrogen) atoms. The molecule has 0 radical (unpaired) electrons. The van der Waals surface area contributed by atoms with Gasteiger partial charge in [0.2, 0.25) is 0 Å². The van der Waals surface area contributed by atoms with E-state index in [1.165, 1.54) is 0 Å². The number of nitrogen functional groups attached to an aromatic ring is 1. The minimum atomic E-state index is -0.0946. The molecule has 5 nitrogen and oxygen atoms in total. The van der Waals surface area contributed by atoms with Crippen LogP contribution in [0.4, 0.5) is 11.4 Å². The Morgan fingerprint density at radius 1 is 1.33 bits per heavy atom. The summed E-state index contributed by atoms with van der Waals surface area (Å²) in [4.78, 5) is 13.9. The molecule has 1 aromatic heterocycles. The number of hydrogen-bond donors (Lipinski definition) is 1. The molecule has 0 aliphatic heterocycles. The average molecular weight is 244 g/mol. The number of rotatable bonds is 2. The first-order chi connectivity index (χ1) is 8.49. The lowest BCUT2D eigenvalue weighted by molar-refractivity contribution is 0.0984. The second-order valence-electron chi connectivity index (χ2n) is 4.25. The van der Waals surface area contributed by atoms with Gasteiger partial charge in [-0.05, 0) is 37.3 Å². The van der Waals surface area contributed by atoms with Gasteiger partial charge in [-0.15, -0.1) is 0 Å². The zero-order valence-corrected chi connectivity index (χ0v) is 10.7. The van der Waals surface area contributed by atoms with Crippen molar-refractivity contribution < 1.29 is 4.79 Å². The van der Waals surface area contributed by atoms with E-state index in [1.807, 2.05) is 19.1 Å². The summed E-state index contributed by atoms with van der Waals surface area (Å²) in [6.45, 7) is 1.86. The molecule has 0 spiro atoms. The molecule has 2 rings (SSSR count). The maximum atomic E-state index is 12.3. The Kier molecular flexibility index (Phi) is 3.06. The van der Waals surface area contributed by atoms with E-state index in [4.69, 9.17) is 5.73 Å². The second-order valence-corrected chi connectivity index (χ2v) is 4.25. The fourth-order valence-corrected chi connectivity index (χ4v) is 1.80. The molecule has 0 aliphatic rings. The summed E-state index contributed by atoms with van der Waals surface area (Å²) in [7, 11) is 3.49. The second kappa shape index (κ2) is 4.52. The van der Waals surface area contributed by atoms with Crippen LogP contribution in [-0.4, -0.2) is 22.7 Å². The van der Waals surface area contributed by atoms with Crippen LogP contribution < -0.4 is 10.6 Å². The Hall–Kier alpha value is -2.30. The molecule has 2 N–H and O–H groups in total. The first kappa shape index (κ1) is 12.2. The highest BCUT2D eigenvalue weighted by Crippen LogP contribution is 2.17. The van der Waals surface area contributed by atoms with Crippen molar-refractivity contribution in [1.29, 1.82) is 0 Å². The van der Waals surface area contributed by atoms with Gasteiger partial charge in [0.1, 0.15) is 5.69 Å². The molecular formula is C13H16N4O. The molecule has 0 bridgehead atoms. The topological polar surface area (TPSA) is 64.2 Å². The van der Waals surface area contributed by atoms with Gasteiger partial charge >= 0.3 is 0 Å². The van der Waals surface area contributed by atoms with Crippen molar-refractivity contribution in [1.82, 2.24) is 9.78 Å². The number of amides is 1. The average Bonchev–Trinajstić information content (AvgIpc) is 2.67. The lowest BCUT2D eigenvalue weighted by atomic mass is 10.2. The van der Waals surface area contributed by atoms with Crippen LogP contribution in [0.3, 0.4) is 0 Å². The number of nitrogens with two attached hydrogens (primary N) is 1. The number of nitrogens with zero attached hydrogens (tertiary/aromatic N) is 3. The molecule has 0 saturated carbocycles. The van der Waals surface area contributed by atoms with E-state index in [2.05, 4.69) is 5.10 Å². The van der Waals surface area contributed by atoms with Gasteiger partial charge in [-0.25, -0.2) is 0 Å². The highest BCUT2D eigenvalue weighted by molar-refractivity contribution is 6.04. The Morgan fingerprint density at radius 2 is 1.94 bits per heavy atom. The highest BCUT2D eigenvalue weighted by atomic mass is 16.2. The quantitative estimate of drug-likeness (QED) is 0.816. The number of aryl methyl sites for hydroxylation is 2. The highest BCUT2D eigenvalue weighted by Gasteiger charge is 2.17. The van der Waals surface area contributed by atoms with Crippen LogP contribution in [-0.2, 0) is 7.05 Å².